The molecule has 1 heterocycles. The molecule has 7 nitrogen and oxygen atoms in total. The van der Waals surface area contributed by atoms with Gasteiger partial charge in [-0.25, -0.2) is 10.1 Å². The maximum atomic E-state index is 10.6. The van der Waals surface area contributed by atoms with Gasteiger partial charge >= 0.3 is 0 Å². The van der Waals surface area contributed by atoms with Gasteiger partial charge in [0.15, 0.2) is 16.2 Å². The van der Waals surface area contributed by atoms with Gasteiger partial charge in [0, 0.05) is 19.8 Å². The van der Waals surface area contributed by atoms with Gasteiger partial charge in [-0.1, -0.05) is 18.4 Å². The van der Waals surface area contributed by atoms with Crippen molar-refractivity contribution in [3.63, 3.8) is 0 Å². The third-order valence-corrected chi connectivity index (χ3v) is 2.78. The Morgan fingerprint density at radius 2 is 2.42 bits per heavy atom. The first kappa shape index (κ1) is 15.7. The first-order valence-corrected chi connectivity index (χ1v) is 6.49. The van der Waals surface area contributed by atoms with Crippen LogP contribution in [0.4, 0.5) is 0 Å². The molecule has 0 unspecified atom stereocenters. The van der Waals surface area contributed by atoms with Crippen LogP contribution in [0.15, 0.2) is 17.4 Å². The zero-order valence-corrected chi connectivity index (χ0v) is 12.3. The van der Waals surface area contributed by atoms with Gasteiger partial charge in [-0.2, -0.15) is 0 Å². The standard InChI is InChI=1S/C9H15BClN5O2S/c1-10-6-14(2)9(13-16(17)18)15(7-10)5-3-4-12-8(11)19/h3-4H,5-7H2,1-2H3,(H,12,19)/b4-3+,13-9+. The van der Waals surface area contributed by atoms with Gasteiger partial charge in [0.1, 0.15) is 5.10 Å². The number of hydrazone groups is 1. The van der Waals surface area contributed by atoms with E-state index in [0.717, 1.165) is 6.44 Å². The van der Waals surface area contributed by atoms with E-state index in [1.165, 1.54) is 0 Å². The topological polar surface area (TPSA) is 74.0 Å². The minimum absolute atomic E-state index is 0.152. The van der Waals surface area contributed by atoms with Crippen molar-refractivity contribution < 1.29 is 5.03 Å². The molecule has 1 fully saturated rings. The highest BCUT2D eigenvalue weighted by Gasteiger charge is 2.29. The Labute approximate surface area is 122 Å². The zero-order chi connectivity index (χ0) is 14.4. The number of nitro groups is 1. The summed E-state index contributed by atoms with van der Waals surface area (Å²) < 4.78 is 0.152. The van der Waals surface area contributed by atoms with Gasteiger partial charge in [-0.05, 0) is 31.2 Å². The van der Waals surface area contributed by atoms with E-state index in [9.17, 15) is 10.1 Å². The normalized spacial score (nSPS) is 18.3. The molecule has 1 saturated heterocycles. The summed E-state index contributed by atoms with van der Waals surface area (Å²) in [7, 11) is 1.79. The second kappa shape index (κ2) is 7.29. The number of thiocarbonyl (C=S) groups is 1. The number of nitrogens with zero attached hydrogens (tertiary/aromatic N) is 4. The van der Waals surface area contributed by atoms with E-state index in [2.05, 4.69) is 29.5 Å². The van der Waals surface area contributed by atoms with E-state index in [4.69, 9.17) is 11.6 Å². The molecule has 0 saturated carbocycles. The number of hydrogen-bond donors (Lipinski definition) is 1. The Morgan fingerprint density at radius 1 is 1.74 bits per heavy atom. The predicted molar refractivity (Wildman–Crippen MR) is 81.0 cm³/mol. The lowest BCUT2D eigenvalue weighted by Gasteiger charge is -2.36. The van der Waals surface area contributed by atoms with Crippen LogP contribution in [0, 0.1) is 10.1 Å². The highest BCUT2D eigenvalue weighted by atomic mass is 35.5. The fourth-order valence-electron chi connectivity index (χ4n) is 1.98. The molecule has 0 aromatic carbocycles. The van der Waals surface area contributed by atoms with Crippen LogP contribution in [0.1, 0.15) is 0 Å². The van der Waals surface area contributed by atoms with Crippen molar-refractivity contribution in [3.05, 3.63) is 22.4 Å². The van der Waals surface area contributed by atoms with E-state index in [1.54, 1.807) is 24.2 Å². The summed E-state index contributed by atoms with van der Waals surface area (Å²) in [5.74, 6) is 0.362. The van der Waals surface area contributed by atoms with E-state index in [-0.39, 0.29) is 4.45 Å². The molecule has 1 rings (SSSR count). The first-order valence-electron chi connectivity index (χ1n) is 5.70. The number of nitrogens with one attached hydrogen (secondary N) is 1. The molecule has 0 radical (unpaired) electrons. The Kier molecular flexibility index (Phi) is 6.03. The van der Waals surface area contributed by atoms with Gasteiger partial charge in [-0.15, -0.1) is 0 Å². The molecule has 10 heteroatoms. The second-order valence-electron chi connectivity index (χ2n) is 4.35. The van der Waals surface area contributed by atoms with Crippen molar-refractivity contribution >= 4 is 40.9 Å². The lowest BCUT2D eigenvalue weighted by atomic mass is 9.50. The quantitative estimate of drug-likeness (QED) is 0.205. The Balaban J connectivity index is 2.72. The van der Waals surface area contributed by atoms with Crippen LogP contribution in [0.2, 0.25) is 6.82 Å². The Bertz CT molecular complexity index is 419. The lowest BCUT2D eigenvalue weighted by molar-refractivity contribution is -0.486. The summed E-state index contributed by atoms with van der Waals surface area (Å²) in [6.07, 6.45) is 4.86. The molecule has 0 aromatic rings. The van der Waals surface area contributed by atoms with E-state index < -0.39 is 5.03 Å². The Morgan fingerprint density at radius 3 is 3.00 bits per heavy atom. The Hall–Kier alpha value is -1.35. The van der Waals surface area contributed by atoms with Crippen LogP contribution < -0.4 is 5.32 Å². The van der Waals surface area contributed by atoms with Crippen LogP contribution in [0.25, 0.3) is 0 Å². The molecule has 0 spiro atoms. The fraction of sp³-hybridized carbons (Fsp3) is 0.556. The maximum Gasteiger partial charge on any atom is 0.272 e. The molecular weight excluding hydrogens is 288 g/mol. The summed E-state index contributed by atoms with van der Waals surface area (Å²) >= 11 is 10.1. The summed E-state index contributed by atoms with van der Waals surface area (Å²) in [6.45, 7) is 2.99. The third kappa shape index (κ3) is 5.43. The molecule has 19 heavy (non-hydrogen) atoms. The monoisotopic (exact) mass is 303 g/mol. The van der Waals surface area contributed by atoms with Crippen molar-refractivity contribution in [3.8, 4) is 0 Å². The molecule has 0 bridgehead atoms. The molecular formula is C9H15BClN5O2S. The molecule has 1 N–H and O–H groups in total. The number of guanidine groups is 1. The van der Waals surface area contributed by atoms with E-state index in [1.807, 2.05) is 4.90 Å². The van der Waals surface area contributed by atoms with Gasteiger partial charge in [0.25, 0.3) is 5.96 Å². The molecule has 0 amide bonds. The largest absolute Gasteiger partial charge is 0.348 e. The summed E-state index contributed by atoms with van der Waals surface area (Å²) in [4.78, 5) is 14.2. The smallest absolute Gasteiger partial charge is 0.272 e. The summed E-state index contributed by atoms with van der Waals surface area (Å²) in [5, 5.41) is 16.0. The van der Waals surface area contributed by atoms with Crippen molar-refractivity contribution in [2.75, 3.05) is 26.5 Å². The lowest BCUT2D eigenvalue weighted by Crippen LogP contribution is -2.56. The summed E-state index contributed by atoms with van der Waals surface area (Å²) in [6, 6.07) is 0. The molecule has 0 aromatic heterocycles. The number of rotatable bonds is 4. The average molecular weight is 304 g/mol. The molecule has 0 aliphatic carbocycles. The van der Waals surface area contributed by atoms with E-state index in [0.29, 0.717) is 25.7 Å². The van der Waals surface area contributed by atoms with Crippen LogP contribution in [0.5, 0.6) is 0 Å². The molecule has 104 valence electrons. The SMILES string of the molecule is CB1CN(C)/C(=N\[N+](=O)[O-])N(C/C=C/NC(=S)Cl)C1. The third-order valence-electron chi connectivity index (χ3n) is 2.55. The predicted octanol–water partition coefficient (Wildman–Crippen LogP) is 0.612. The maximum absolute atomic E-state index is 10.6. The van der Waals surface area contributed by atoms with Gasteiger partial charge in [-0.3, -0.25) is 0 Å². The number of hydrogen-bond acceptors (Lipinski definition) is 3. The first-order chi connectivity index (χ1) is 8.90. The highest BCUT2D eigenvalue weighted by molar-refractivity contribution is 7.83. The van der Waals surface area contributed by atoms with Crippen molar-refractivity contribution in [1.82, 2.24) is 15.1 Å². The minimum atomic E-state index is -0.676. The van der Waals surface area contributed by atoms with Crippen molar-refractivity contribution in [1.29, 1.82) is 0 Å². The number of halogens is 1. The molecule has 0 atom stereocenters. The van der Waals surface area contributed by atoms with Crippen molar-refractivity contribution in [2.45, 2.75) is 6.82 Å². The average Bonchev–Trinajstić information content (AvgIpc) is 2.28. The van der Waals surface area contributed by atoms with Gasteiger partial charge in [0.05, 0.1) is 0 Å². The summed E-state index contributed by atoms with van der Waals surface area (Å²) in [5.41, 5.74) is 0. The van der Waals surface area contributed by atoms with Crippen LogP contribution in [-0.2, 0) is 0 Å². The van der Waals surface area contributed by atoms with Gasteiger partial charge < -0.3 is 15.1 Å². The highest BCUT2D eigenvalue weighted by Crippen LogP contribution is 2.07. The van der Waals surface area contributed by atoms with Crippen LogP contribution in [-0.4, -0.2) is 58.4 Å². The minimum Gasteiger partial charge on any atom is -0.348 e. The van der Waals surface area contributed by atoms with E-state index >= 15 is 0 Å². The fourth-order valence-corrected chi connectivity index (χ4v) is 2.11. The van der Waals surface area contributed by atoms with Crippen LogP contribution >= 0.6 is 23.8 Å². The van der Waals surface area contributed by atoms with Gasteiger partial charge in [0.2, 0.25) is 0 Å². The van der Waals surface area contributed by atoms with Crippen LogP contribution in [0.3, 0.4) is 0 Å². The second-order valence-corrected chi connectivity index (χ2v) is 5.36. The zero-order valence-electron chi connectivity index (χ0n) is 10.7. The molecule has 1 aliphatic heterocycles. The molecule has 1 aliphatic rings. The van der Waals surface area contributed by atoms with Crippen molar-refractivity contribution in [2.24, 2.45) is 5.10 Å².